The van der Waals surface area contributed by atoms with E-state index >= 15 is 0 Å². The second-order valence-corrected chi connectivity index (χ2v) is 3.63. The normalized spacial score (nSPS) is 11.9. The Labute approximate surface area is 89.6 Å². The summed E-state index contributed by atoms with van der Waals surface area (Å²) < 4.78 is 26.3. The van der Waals surface area contributed by atoms with Gasteiger partial charge in [0.25, 0.3) is 0 Å². The summed E-state index contributed by atoms with van der Waals surface area (Å²) in [5.74, 6) is 1.29. The number of terminal acetylenes is 1. The maximum atomic E-state index is 13.2. The third-order valence-electron chi connectivity index (χ3n) is 1.63. The number of benzene rings is 1. The molecule has 14 heavy (non-hydrogen) atoms. The van der Waals surface area contributed by atoms with Gasteiger partial charge in [0.05, 0.1) is 16.2 Å². The zero-order valence-corrected chi connectivity index (χ0v) is 9.03. The van der Waals surface area contributed by atoms with E-state index in [0.29, 0.717) is 0 Å². The fraction of sp³-hybridized carbons (Fsp3) is 0.200. The lowest BCUT2D eigenvalue weighted by molar-refractivity contribution is 0.596. The third-order valence-corrected chi connectivity index (χ3v) is 2.24. The molecule has 4 heteroatoms. The molecule has 0 bridgehead atoms. The molecular formula is C10H8BrF2N. The predicted octanol–water partition coefficient (Wildman–Crippen LogP) is 3.16. The summed E-state index contributed by atoms with van der Waals surface area (Å²) in [6.07, 6.45) is 5.10. The standard InChI is InChI=1S/C10H8BrF2N/c1-3-6(2)14-10-5-8(12)7(11)4-9(10)13/h1,4-6,14H,2H3. The summed E-state index contributed by atoms with van der Waals surface area (Å²) in [6.45, 7) is 1.68. The van der Waals surface area contributed by atoms with E-state index in [1.54, 1.807) is 6.92 Å². The highest BCUT2D eigenvalue weighted by molar-refractivity contribution is 9.10. The van der Waals surface area contributed by atoms with Gasteiger partial charge in [-0.3, -0.25) is 0 Å². The molecule has 1 rings (SSSR count). The molecule has 1 aromatic rings. The first-order chi connectivity index (χ1) is 6.54. The van der Waals surface area contributed by atoms with Gasteiger partial charge in [0.2, 0.25) is 0 Å². The molecule has 0 saturated carbocycles. The second-order valence-electron chi connectivity index (χ2n) is 2.78. The van der Waals surface area contributed by atoms with Crippen LogP contribution in [0.4, 0.5) is 14.5 Å². The van der Waals surface area contributed by atoms with Crippen LogP contribution in [-0.2, 0) is 0 Å². The Hall–Kier alpha value is -1.08. The summed E-state index contributed by atoms with van der Waals surface area (Å²) in [4.78, 5) is 0. The molecule has 0 heterocycles. The van der Waals surface area contributed by atoms with Crippen molar-refractivity contribution in [2.24, 2.45) is 0 Å². The Kier molecular flexibility index (Phi) is 3.48. The zero-order valence-electron chi connectivity index (χ0n) is 7.44. The van der Waals surface area contributed by atoms with E-state index in [1.165, 1.54) is 0 Å². The van der Waals surface area contributed by atoms with Gasteiger partial charge >= 0.3 is 0 Å². The van der Waals surface area contributed by atoms with Gasteiger partial charge < -0.3 is 5.32 Å². The van der Waals surface area contributed by atoms with Crippen molar-refractivity contribution >= 4 is 21.6 Å². The Morgan fingerprint density at radius 1 is 1.43 bits per heavy atom. The van der Waals surface area contributed by atoms with Gasteiger partial charge in [-0.1, -0.05) is 5.92 Å². The van der Waals surface area contributed by atoms with Crippen molar-refractivity contribution in [3.8, 4) is 12.3 Å². The van der Waals surface area contributed by atoms with E-state index in [4.69, 9.17) is 6.42 Å². The minimum Gasteiger partial charge on any atom is -0.369 e. The predicted molar refractivity (Wildman–Crippen MR) is 56.0 cm³/mol. The Morgan fingerprint density at radius 2 is 2.07 bits per heavy atom. The van der Waals surface area contributed by atoms with Crippen molar-refractivity contribution in [1.29, 1.82) is 0 Å². The van der Waals surface area contributed by atoms with Gasteiger partial charge in [0.1, 0.15) is 11.6 Å². The monoisotopic (exact) mass is 259 g/mol. The SMILES string of the molecule is C#CC(C)Nc1cc(F)c(Br)cc1F. The van der Waals surface area contributed by atoms with Gasteiger partial charge in [-0.25, -0.2) is 8.78 Å². The lowest BCUT2D eigenvalue weighted by Crippen LogP contribution is -2.13. The summed E-state index contributed by atoms with van der Waals surface area (Å²) in [5.41, 5.74) is 0.0659. The number of anilines is 1. The van der Waals surface area contributed by atoms with Crippen LogP contribution < -0.4 is 5.32 Å². The maximum Gasteiger partial charge on any atom is 0.147 e. The molecule has 0 amide bonds. The van der Waals surface area contributed by atoms with Gasteiger partial charge in [0, 0.05) is 6.07 Å². The van der Waals surface area contributed by atoms with Crippen LogP contribution in [0.5, 0.6) is 0 Å². The van der Waals surface area contributed by atoms with E-state index in [0.717, 1.165) is 12.1 Å². The lowest BCUT2D eigenvalue weighted by Gasteiger charge is -2.10. The zero-order chi connectivity index (χ0) is 10.7. The number of halogens is 3. The molecule has 1 unspecified atom stereocenters. The third kappa shape index (κ3) is 2.46. The average Bonchev–Trinajstić information content (AvgIpc) is 2.14. The number of rotatable bonds is 2. The first-order valence-electron chi connectivity index (χ1n) is 3.92. The van der Waals surface area contributed by atoms with Crippen LogP contribution in [0.25, 0.3) is 0 Å². The summed E-state index contributed by atoms with van der Waals surface area (Å²) in [6, 6.07) is 1.78. The van der Waals surface area contributed by atoms with Crippen molar-refractivity contribution in [3.63, 3.8) is 0 Å². The lowest BCUT2D eigenvalue weighted by atomic mass is 10.2. The quantitative estimate of drug-likeness (QED) is 0.636. The molecule has 0 aliphatic carbocycles. The molecule has 0 saturated heterocycles. The van der Waals surface area contributed by atoms with Gasteiger partial charge in [0.15, 0.2) is 0 Å². The topological polar surface area (TPSA) is 12.0 Å². The number of hydrogen-bond acceptors (Lipinski definition) is 1. The highest BCUT2D eigenvalue weighted by atomic mass is 79.9. The second kappa shape index (κ2) is 4.43. The minimum absolute atomic E-state index is 0.0659. The Balaban J connectivity index is 2.99. The molecular weight excluding hydrogens is 252 g/mol. The molecule has 1 atom stereocenters. The molecule has 0 aliphatic heterocycles. The first-order valence-corrected chi connectivity index (χ1v) is 4.71. The molecule has 0 aliphatic rings. The van der Waals surface area contributed by atoms with Gasteiger partial charge in [-0.2, -0.15) is 0 Å². The first kappa shape index (κ1) is 11.0. The Bertz CT molecular complexity index is 384. The van der Waals surface area contributed by atoms with Crippen LogP contribution in [0.15, 0.2) is 16.6 Å². The van der Waals surface area contributed by atoms with E-state index < -0.39 is 11.6 Å². The van der Waals surface area contributed by atoms with Crippen LogP contribution in [0.2, 0.25) is 0 Å². The molecule has 74 valence electrons. The molecule has 0 fully saturated rings. The van der Waals surface area contributed by atoms with Crippen molar-refractivity contribution in [2.75, 3.05) is 5.32 Å². The van der Waals surface area contributed by atoms with Crippen LogP contribution in [0.3, 0.4) is 0 Å². The maximum absolute atomic E-state index is 13.2. The number of hydrogen-bond donors (Lipinski definition) is 1. The summed E-state index contributed by atoms with van der Waals surface area (Å²) in [7, 11) is 0. The smallest absolute Gasteiger partial charge is 0.147 e. The summed E-state index contributed by atoms with van der Waals surface area (Å²) >= 11 is 2.88. The average molecular weight is 260 g/mol. The van der Waals surface area contributed by atoms with Crippen molar-refractivity contribution < 1.29 is 8.78 Å². The van der Waals surface area contributed by atoms with Crippen LogP contribution in [-0.4, -0.2) is 6.04 Å². The number of nitrogens with one attached hydrogen (secondary N) is 1. The summed E-state index contributed by atoms with van der Waals surface area (Å²) in [5, 5.41) is 2.66. The molecule has 1 aromatic carbocycles. The minimum atomic E-state index is -0.541. The van der Waals surface area contributed by atoms with Crippen LogP contribution in [0.1, 0.15) is 6.92 Å². The molecule has 1 N–H and O–H groups in total. The molecule has 0 spiro atoms. The van der Waals surface area contributed by atoms with E-state index in [9.17, 15) is 8.78 Å². The Morgan fingerprint density at radius 3 is 2.64 bits per heavy atom. The van der Waals surface area contributed by atoms with Gasteiger partial charge in [-0.15, -0.1) is 6.42 Å². The fourth-order valence-electron chi connectivity index (χ4n) is 0.908. The van der Waals surface area contributed by atoms with Crippen LogP contribution >= 0.6 is 15.9 Å². The van der Waals surface area contributed by atoms with Gasteiger partial charge in [-0.05, 0) is 28.9 Å². The highest BCUT2D eigenvalue weighted by Crippen LogP contribution is 2.23. The molecule has 0 radical (unpaired) electrons. The van der Waals surface area contributed by atoms with Crippen LogP contribution in [0, 0.1) is 24.0 Å². The fourth-order valence-corrected chi connectivity index (χ4v) is 1.22. The largest absolute Gasteiger partial charge is 0.369 e. The van der Waals surface area contributed by atoms with E-state index in [1.807, 2.05) is 0 Å². The molecule has 0 aromatic heterocycles. The highest BCUT2D eigenvalue weighted by Gasteiger charge is 2.09. The molecule has 1 nitrogen and oxygen atoms in total. The van der Waals surface area contributed by atoms with E-state index in [-0.39, 0.29) is 16.2 Å². The van der Waals surface area contributed by atoms with E-state index in [2.05, 4.69) is 27.2 Å². The van der Waals surface area contributed by atoms with Crippen molar-refractivity contribution in [3.05, 3.63) is 28.2 Å². The van der Waals surface area contributed by atoms with Crippen molar-refractivity contribution in [1.82, 2.24) is 0 Å². The van der Waals surface area contributed by atoms with Crippen molar-refractivity contribution in [2.45, 2.75) is 13.0 Å².